The van der Waals surface area contributed by atoms with Crippen LogP contribution in [0.15, 0.2) is 66.9 Å². The summed E-state index contributed by atoms with van der Waals surface area (Å²) in [6.07, 6.45) is 4.63. The summed E-state index contributed by atoms with van der Waals surface area (Å²) in [6.45, 7) is 12.4. The van der Waals surface area contributed by atoms with Crippen molar-refractivity contribution >= 4 is 5.57 Å². The van der Waals surface area contributed by atoms with Gasteiger partial charge in [0.1, 0.15) is 0 Å². The molecular formula is C32H33FN4. The van der Waals surface area contributed by atoms with Crippen LogP contribution in [0, 0.1) is 0 Å². The predicted octanol–water partition coefficient (Wildman–Crippen LogP) is 6.92. The normalized spacial score (nSPS) is 25.1. The van der Waals surface area contributed by atoms with Gasteiger partial charge in [0.2, 0.25) is 0 Å². The molecule has 0 spiro atoms. The van der Waals surface area contributed by atoms with Crippen molar-refractivity contribution in [2.75, 3.05) is 0 Å². The van der Waals surface area contributed by atoms with Crippen molar-refractivity contribution in [2.24, 2.45) is 0 Å². The first-order chi connectivity index (χ1) is 17.7. The number of halogens is 1. The van der Waals surface area contributed by atoms with Crippen molar-refractivity contribution in [2.45, 2.75) is 70.8 Å². The van der Waals surface area contributed by atoms with E-state index < -0.39 is 11.1 Å². The highest BCUT2D eigenvalue weighted by atomic mass is 19.1. The van der Waals surface area contributed by atoms with E-state index in [1.165, 1.54) is 22.4 Å². The average Bonchev–Trinajstić information content (AvgIpc) is 3.58. The minimum absolute atomic E-state index is 0.235. The lowest BCUT2D eigenvalue weighted by atomic mass is 9.62. The topological polar surface area (TPSA) is 36.9 Å². The molecule has 1 aliphatic carbocycles. The lowest BCUT2D eigenvalue weighted by Crippen LogP contribution is -2.41. The summed E-state index contributed by atoms with van der Waals surface area (Å²) in [5.41, 5.74) is 8.70. The van der Waals surface area contributed by atoms with Gasteiger partial charge in [-0.3, -0.25) is 4.90 Å². The van der Waals surface area contributed by atoms with Crippen molar-refractivity contribution in [3.05, 3.63) is 112 Å². The Morgan fingerprint density at radius 1 is 1.00 bits per heavy atom. The number of benzene rings is 2. The van der Waals surface area contributed by atoms with Gasteiger partial charge in [-0.05, 0) is 68.5 Å². The molecule has 0 radical (unpaired) electrons. The van der Waals surface area contributed by atoms with Crippen molar-refractivity contribution < 1.29 is 4.39 Å². The molecule has 188 valence electrons. The molecule has 7 rings (SSSR count). The summed E-state index contributed by atoms with van der Waals surface area (Å²) in [5.74, 6) is 0. The van der Waals surface area contributed by atoms with Gasteiger partial charge in [-0.15, -0.1) is 0 Å². The number of fused-ring (bicyclic) bond motifs is 10. The Morgan fingerprint density at radius 2 is 1.78 bits per heavy atom. The molecule has 0 bridgehead atoms. The van der Waals surface area contributed by atoms with Gasteiger partial charge in [-0.25, -0.2) is 9.07 Å². The Morgan fingerprint density at radius 3 is 2.54 bits per heavy atom. The number of aryl methyl sites for hydroxylation is 1. The van der Waals surface area contributed by atoms with Crippen molar-refractivity contribution in [3.8, 4) is 5.69 Å². The van der Waals surface area contributed by atoms with Crippen molar-refractivity contribution in [3.63, 3.8) is 0 Å². The first kappa shape index (κ1) is 22.7. The third-order valence-corrected chi connectivity index (χ3v) is 9.12. The number of aromatic amines is 1. The van der Waals surface area contributed by atoms with E-state index >= 15 is 4.39 Å². The molecule has 5 heteroatoms. The quantitative estimate of drug-likeness (QED) is 0.337. The first-order valence-electron chi connectivity index (χ1n) is 13.3. The standard InChI is InChI=1S/C32H33FN4/c1-6-21-13-10-14-22-25-17-31(4,33)28-24(15-16-34-28)32(25,5)29-23-19-36(18-20-11-8-7-9-12-20)30(2,3)27(23)35-37(29)26(21)22/h7-17,34H,6,18-19H2,1-5H3. The van der Waals surface area contributed by atoms with Crippen molar-refractivity contribution in [1.82, 2.24) is 19.7 Å². The van der Waals surface area contributed by atoms with Crippen LogP contribution in [0.2, 0.25) is 0 Å². The lowest BCUT2D eigenvalue weighted by molar-refractivity contribution is 0.122. The number of alkyl halides is 1. The van der Waals surface area contributed by atoms with E-state index in [2.05, 4.69) is 96.9 Å². The van der Waals surface area contributed by atoms with Crippen LogP contribution < -0.4 is 0 Å². The van der Waals surface area contributed by atoms with E-state index in [1.54, 1.807) is 6.92 Å². The Hall–Kier alpha value is -3.44. The Bertz CT molecular complexity index is 1590. The van der Waals surface area contributed by atoms with Gasteiger partial charge in [-0.1, -0.05) is 55.5 Å². The van der Waals surface area contributed by atoms with Crippen LogP contribution in [-0.4, -0.2) is 19.7 Å². The van der Waals surface area contributed by atoms with Gasteiger partial charge in [0.15, 0.2) is 5.67 Å². The molecule has 0 saturated carbocycles. The van der Waals surface area contributed by atoms with Gasteiger partial charge in [0.05, 0.1) is 33.7 Å². The number of para-hydroxylation sites is 1. The number of H-pyrrole nitrogens is 1. The molecule has 3 aliphatic rings. The number of allylic oxidation sites excluding steroid dienone is 2. The van der Waals surface area contributed by atoms with Crippen molar-refractivity contribution in [1.29, 1.82) is 0 Å². The molecule has 0 saturated heterocycles. The summed E-state index contributed by atoms with van der Waals surface area (Å²) >= 11 is 0. The smallest absolute Gasteiger partial charge is 0.166 e. The van der Waals surface area contributed by atoms with E-state index in [-0.39, 0.29) is 5.54 Å². The fraction of sp³-hybridized carbons (Fsp3) is 0.344. The molecule has 2 unspecified atom stereocenters. The van der Waals surface area contributed by atoms with E-state index in [4.69, 9.17) is 5.10 Å². The maximum atomic E-state index is 16.2. The SMILES string of the molecule is CCc1cccc2c1-n1nc3c(c1C1(C)C2=CC(C)(F)c2[nH]ccc21)CN(Cc1ccccc1)C3(C)C. The molecular weight excluding hydrogens is 459 g/mol. The van der Waals surface area contributed by atoms with Gasteiger partial charge in [-0.2, -0.15) is 5.10 Å². The van der Waals surface area contributed by atoms with E-state index in [0.717, 1.165) is 47.6 Å². The maximum Gasteiger partial charge on any atom is 0.166 e. The van der Waals surface area contributed by atoms with Crippen LogP contribution in [0.5, 0.6) is 0 Å². The number of hydrogen-bond acceptors (Lipinski definition) is 2. The second kappa shape index (κ2) is 7.32. The highest BCUT2D eigenvalue weighted by molar-refractivity contribution is 5.89. The number of nitrogens with one attached hydrogen (secondary N) is 1. The highest BCUT2D eigenvalue weighted by Gasteiger charge is 2.54. The van der Waals surface area contributed by atoms with E-state index in [0.29, 0.717) is 5.69 Å². The van der Waals surface area contributed by atoms with Gasteiger partial charge in [0, 0.05) is 30.4 Å². The summed E-state index contributed by atoms with van der Waals surface area (Å²) in [5, 5.41) is 5.40. The summed E-state index contributed by atoms with van der Waals surface area (Å²) < 4.78 is 18.4. The molecule has 2 atom stereocenters. The molecule has 4 heterocycles. The summed E-state index contributed by atoms with van der Waals surface area (Å²) in [6, 6.07) is 19.2. The zero-order chi connectivity index (χ0) is 25.7. The fourth-order valence-electron chi connectivity index (χ4n) is 7.13. The Balaban J connectivity index is 1.51. The molecule has 2 aliphatic heterocycles. The van der Waals surface area contributed by atoms with E-state index in [1.807, 2.05) is 12.3 Å². The summed E-state index contributed by atoms with van der Waals surface area (Å²) in [4.78, 5) is 5.76. The average molecular weight is 493 g/mol. The molecule has 2 aromatic heterocycles. The number of hydrogen-bond donors (Lipinski definition) is 1. The van der Waals surface area contributed by atoms with Crippen LogP contribution in [0.25, 0.3) is 11.3 Å². The number of nitrogens with zero attached hydrogens (tertiary/aromatic N) is 3. The Kier molecular flexibility index (Phi) is 4.50. The monoisotopic (exact) mass is 492 g/mol. The molecule has 1 N–H and O–H groups in total. The maximum absolute atomic E-state index is 16.2. The van der Waals surface area contributed by atoms with Crippen LogP contribution in [-0.2, 0) is 36.1 Å². The zero-order valence-electron chi connectivity index (χ0n) is 22.2. The molecule has 0 amide bonds. The minimum Gasteiger partial charge on any atom is -0.362 e. The third kappa shape index (κ3) is 2.84. The van der Waals surface area contributed by atoms with Crippen LogP contribution in [0.1, 0.15) is 79.5 Å². The summed E-state index contributed by atoms with van der Waals surface area (Å²) in [7, 11) is 0. The van der Waals surface area contributed by atoms with Gasteiger partial charge >= 0.3 is 0 Å². The first-order valence-corrected chi connectivity index (χ1v) is 13.3. The molecule has 2 aromatic carbocycles. The van der Waals surface area contributed by atoms with Crippen LogP contribution >= 0.6 is 0 Å². The molecule has 37 heavy (non-hydrogen) atoms. The van der Waals surface area contributed by atoms with Gasteiger partial charge < -0.3 is 4.98 Å². The highest BCUT2D eigenvalue weighted by Crippen LogP contribution is 2.59. The zero-order valence-corrected chi connectivity index (χ0v) is 22.2. The largest absolute Gasteiger partial charge is 0.362 e. The minimum atomic E-state index is -1.57. The second-order valence-electron chi connectivity index (χ2n) is 11.7. The van der Waals surface area contributed by atoms with Crippen LogP contribution in [0.4, 0.5) is 4.39 Å². The molecule has 0 fully saturated rings. The van der Waals surface area contributed by atoms with Crippen LogP contribution in [0.3, 0.4) is 0 Å². The number of aromatic nitrogens is 3. The lowest BCUT2D eigenvalue weighted by Gasteiger charge is -2.44. The Labute approximate surface area is 217 Å². The third-order valence-electron chi connectivity index (χ3n) is 9.12. The predicted molar refractivity (Wildman–Crippen MR) is 145 cm³/mol. The molecule has 4 aromatic rings. The number of rotatable bonds is 3. The fourth-order valence-corrected chi connectivity index (χ4v) is 7.13. The molecule has 4 nitrogen and oxygen atoms in total. The van der Waals surface area contributed by atoms with E-state index in [9.17, 15) is 0 Å². The second-order valence-corrected chi connectivity index (χ2v) is 11.7. The van der Waals surface area contributed by atoms with Gasteiger partial charge in [0.25, 0.3) is 0 Å².